The molecule has 0 radical (unpaired) electrons. The molecule has 0 aromatic rings. The van der Waals surface area contributed by atoms with Gasteiger partial charge in [-0.05, 0) is 12.8 Å². The number of carbonyl (C=O) groups is 4. The summed E-state index contributed by atoms with van der Waals surface area (Å²) < 4.78 is 41.5. The molecule has 3 aliphatic heterocycles. The molecule has 0 saturated carbocycles. The first-order valence-electron chi connectivity index (χ1n) is 8.39. The number of hydroxylamine groups is 2. The maximum Gasteiger partial charge on any atom is 1.00 e. The molecule has 14 nitrogen and oxygen atoms in total. The van der Waals surface area contributed by atoms with Crippen LogP contribution in [-0.2, 0) is 33.8 Å². The molecule has 0 aromatic carbocycles. The topological polar surface area (TPSA) is 178 Å². The molecular formula is C13H18N5NaO9S. The molecular weight excluding hydrogens is 425 g/mol. The Morgan fingerprint density at radius 1 is 1.14 bits per heavy atom. The summed E-state index contributed by atoms with van der Waals surface area (Å²) in [6.45, 7) is 1.11. The van der Waals surface area contributed by atoms with E-state index in [4.69, 9.17) is 4.74 Å². The molecule has 2 atom stereocenters. The third kappa shape index (κ3) is 5.56. The van der Waals surface area contributed by atoms with Crippen LogP contribution in [0.1, 0.15) is 12.8 Å². The van der Waals surface area contributed by atoms with Crippen LogP contribution in [0.2, 0.25) is 0 Å². The monoisotopic (exact) mass is 443 g/mol. The van der Waals surface area contributed by atoms with E-state index in [2.05, 4.69) is 9.71 Å². The minimum absolute atomic E-state index is 0. The second-order valence-corrected chi connectivity index (χ2v) is 7.30. The van der Waals surface area contributed by atoms with Crippen molar-refractivity contribution in [1.29, 1.82) is 0 Å². The van der Waals surface area contributed by atoms with Crippen molar-refractivity contribution in [2.24, 2.45) is 0 Å². The fourth-order valence-corrected chi connectivity index (χ4v) is 3.65. The van der Waals surface area contributed by atoms with Gasteiger partial charge < -0.3 is 19.1 Å². The Morgan fingerprint density at radius 3 is 2.41 bits per heavy atom. The number of rotatable bonds is 3. The van der Waals surface area contributed by atoms with Crippen molar-refractivity contribution in [3.63, 3.8) is 0 Å². The van der Waals surface area contributed by atoms with Gasteiger partial charge in [-0.2, -0.15) is 9.35 Å². The van der Waals surface area contributed by atoms with Crippen molar-refractivity contribution in [3.05, 3.63) is 0 Å². The Hall–Kier alpha value is -1.49. The van der Waals surface area contributed by atoms with Gasteiger partial charge in [0.05, 0.1) is 19.3 Å². The molecule has 3 heterocycles. The molecule has 2 N–H and O–H groups in total. The van der Waals surface area contributed by atoms with Crippen LogP contribution in [0.5, 0.6) is 0 Å². The number of ether oxygens (including phenoxy) is 1. The van der Waals surface area contributed by atoms with Crippen LogP contribution in [0, 0.1) is 0 Å². The van der Waals surface area contributed by atoms with Gasteiger partial charge in [-0.1, -0.05) is 0 Å². The first-order chi connectivity index (χ1) is 13.2. The molecule has 0 aromatic heterocycles. The Kier molecular flexibility index (Phi) is 7.83. The normalized spacial score (nSPS) is 24.0. The number of hydrazine groups is 1. The van der Waals surface area contributed by atoms with E-state index >= 15 is 0 Å². The molecule has 3 aliphatic rings. The van der Waals surface area contributed by atoms with E-state index in [1.54, 1.807) is 0 Å². The Bertz CT molecular complexity index is 788. The molecule has 156 valence electrons. The number of urea groups is 1. The summed E-state index contributed by atoms with van der Waals surface area (Å²) in [5.41, 5.74) is 4.09. The van der Waals surface area contributed by atoms with E-state index in [9.17, 15) is 32.1 Å². The number of amides is 5. The van der Waals surface area contributed by atoms with Crippen molar-refractivity contribution >= 4 is 34.2 Å². The van der Waals surface area contributed by atoms with Crippen molar-refractivity contribution in [1.82, 2.24) is 25.7 Å². The summed E-state index contributed by atoms with van der Waals surface area (Å²) >= 11 is 0. The number of piperidine rings is 1. The zero-order chi connectivity index (χ0) is 20.5. The number of hydrogen-bond donors (Lipinski definition) is 2. The zero-order valence-electron chi connectivity index (χ0n) is 15.5. The fourth-order valence-electron chi connectivity index (χ4n) is 3.27. The van der Waals surface area contributed by atoms with Gasteiger partial charge in [0, 0.05) is 19.6 Å². The number of nitrogens with one attached hydrogen (secondary N) is 2. The van der Waals surface area contributed by atoms with Crippen LogP contribution >= 0.6 is 0 Å². The van der Waals surface area contributed by atoms with Gasteiger partial charge in [-0.25, -0.2) is 13.2 Å². The number of fused-ring (bicyclic) bond motifs is 2. The molecule has 29 heavy (non-hydrogen) atoms. The Morgan fingerprint density at radius 2 is 1.79 bits per heavy atom. The van der Waals surface area contributed by atoms with Gasteiger partial charge in [0.15, 0.2) is 0 Å². The molecule has 5 amide bonds. The second-order valence-electron chi connectivity index (χ2n) is 6.34. The minimum atomic E-state index is -5.14. The third-order valence-corrected chi connectivity index (χ3v) is 4.93. The summed E-state index contributed by atoms with van der Waals surface area (Å²) in [5, 5.41) is 0.441. The van der Waals surface area contributed by atoms with Gasteiger partial charge in [0.25, 0.3) is 5.91 Å². The number of hydrogen-bond acceptors (Lipinski definition) is 9. The average Bonchev–Trinajstić information content (AvgIpc) is 2.89. The van der Waals surface area contributed by atoms with E-state index < -0.39 is 46.2 Å². The van der Waals surface area contributed by atoms with Crippen LogP contribution in [0.15, 0.2) is 0 Å². The molecule has 3 saturated heterocycles. The smallest absolute Gasteiger partial charge is 0.724 e. The van der Waals surface area contributed by atoms with E-state index in [0.29, 0.717) is 18.3 Å². The predicted molar refractivity (Wildman–Crippen MR) is 85.2 cm³/mol. The molecule has 2 bridgehead atoms. The number of carbonyl (C=O) groups excluding carboxylic acids is 4. The van der Waals surface area contributed by atoms with Crippen LogP contribution in [0.4, 0.5) is 4.79 Å². The van der Waals surface area contributed by atoms with Crippen molar-refractivity contribution in [2.45, 2.75) is 24.9 Å². The quantitative estimate of drug-likeness (QED) is 0.141. The summed E-state index contributed by atoms with van der Waals surface area (Å²) in [6.07, 6.45) is 0.352. The van der Waals surface area contributed by atoms with E-state index in [1.165, 1.54) is 4.90 Å². The SMILES string of the molecule is O=C(NNC(=O)[C@@H]1CC[C@@H]2CN1C(=O)N2OS(=O)(=O)[O-])C(=O)N1CCOCC1.[Na+]. The molecule has 16 heteroatoms. The van der Waals surface area contributed by atoms with E-state index in [0.717, 1.165) is 4.90 Å². The van der Waals surface area contributed by atoms with Crippen LogP contribution in [0.3, 0.4) is 0 Å². The average molecular weight is 443 g/mol. The van der Waals surface area contributed by atoms with Crippen molar-refractivity contribution < 1.29 is 70.7 Å². The van der Waals surface area contributed by atoms with Gasteiger partial charge >= 0.3 is 47.4 Å². The van der Waals surface area contributed by atoms with Crippen molar-refractivity contribution in [3.8, 4) is 0 Å². The van der Waals surface area contributed by atoms with E-state index in [1.807, 2.05) is 5.43 Å². The minimum Gasteiger partial charge on any atom is -0.724 e. The Labute approximate surface area is 188 Å². The summed E-state index contributed by atoms with van der Waals surface area (Å²) in [6, 6.07) is -2.65. The second kappa shape index (κ2) is 9.55. The van der Waals surface area contributed by atoms with Gasteiger partial charge in [0.1, 0.15) is 6.04 Å². The zero-order valence-corrected chi connectivity index (χ0v) is 18.3. The largest absolute Gasteiger partial charge is 1.00 e. The standard InChI is InChI=1S/C13H19N5O9S.Na/c19-10(14-15-11(20)12(21)16-3-5-26-6-4-16)9-2-1-8-7-17(9)13(22)18(8)27-28(23,24)25;/h8-9H,1-7H2,(H,14,19)(H,15,20)(H,23,24,25);/q;+1/p-1/t8-,9+;/m1./s1. The van der Waals surface area contributed by atoms with Crippen LogP contribution in [0.25, 0.3) is 0 Å². The maximum absolute atomic E-state index is 12.3. The first kappa shape index (κ1) is 23.8. The fraction of sp³-hybridized carbons (Fsp3) is 0.692. The maximum atomic E-state index is 12.3. The molecule has 3 fully saturated rings. The van der Waals surface area contributed by atoms with Crippen LogP contribution in [-0.4, -0.2) is 96.5 Å². The molecule has 0 aliphatic carbocycles. The van der Waals surface area contributed by atoms with E-state index in [-0.39, 0.29) is 62.0 Å². The summed E-state index contributed by atoms with van der Waals surface area (Å²) in [7, 11) is -5.14. The van der Waals surface area contributed by atoms with Crippen LogP contribution < -0.4 is 40.4 Å². The summed E-state index contributed by atoms with van der Waals surface area (Å²) in [4.78, 5) is 50.7. The predicted octanol–water partition coefficient (Wildman–Crippen LogP) is -6.34. The first-order valence-corrected chi connectivity index (χ1v) is 9.73. The van der Waals surface area contributed by atoms with Gasteiger partial charge in [0.2, 0.25) is 10.4 Å². The van der Waals surface area contributed by atoms with Gasteiger partial charge in [-0.3, -0.25) is 25.2 Å². The molecule has 0 unspecified atom stereocenters. The Balaban J connectivity index is 0.00000300. The van der Waals surface area contributed by atoms with Crippen molar-refractivity contribution in [2.75, 3.05) is 32.8 Å². The number of morpholine rings is 1. The van der Waals surface area contributed by atoms with Gasteiger partial charge in [-0.15, -0.1) is 0 Å². The molecule has 3 rings (SSSR count). The molecule has 0 spiro atoms. The number of nitrogens with zero attached hydrogens (tertiary/aromatic N) is 3. The third-order valence-electron chi connectivity index (χ3n) is 4.59. The summed E-state index contributed by atoms with van der Waals surface area (Å²) in [5.74, 6) is -2.63.